The fourth-order valence-corrected chi connectivity index (χ4v) is 2.31. The van der Waals surface area contributed by atoms with Gasteiger partial charge >= 0.3 is 0 Å². The number of amides is 1. The number of hydrogen-bond acceptors (Lipinski definition) is 3. The molecule has 2 aromatic carbocycles. The molecule has 0 aliphatic rings. The van der Waals surface area contributed by atoms with Crippen molar-refractivity contribution in [2.45, 2.75) is 6.92 Å². The Morgan fingerprint density at radius 1 is 1.16 bits per heavy atom. The van der Waals surface area contributed by atoms with Gasteiger partial charge < -0.3 is 9.73 Å². The molecule has 0 aliphatic heterocycles. The van der Waals surface area contributed by atoms with Crippen molar-refractivity contribution in [2.24, 2.45) is 0 Å². The normalized spacial score (nSPS) is 11.2. The van der Waals surface area contributed by atoms with Crippen LogP contribution in [0.3, 0.4) is 0 Å². The van der Waals surface area contributed by atoms with Crippen LogP contribution in [0.2, 0.25) is 0 Å². The van der Waals surface area contributed by atoms with Crippen molar-refractivity contribution in [2.75, 3.05) is 5.32 Å². The second-order valence-electron chi connectivity index (χ2n) is 5.47. The molecule has 25 heavy (non-hydrogen) atoms. The molecule has 0 spiro atoms. The summed E-state index contributed by atoms with van der Waals surface area (Å²) in [5.41, 5.74) is 0.953. The van der Waals surface area contributed by atoms with E-state index in [0.717, 1.165) is 29.8 Å². The summed E-state index contributed by atoms with van der Waals surface area (Å²) in [6, 6.07) is 7.94. The minimum atomic E-state index is -0.760. The second-order valence-corrected chi connectivity index (χ2v) is 5.47. The predicted octanol–water partition coefficient (Wildman–Crippen LogP) is 4.03. The number of carbonyl (C=O) groups excluding carboxylic acids is 1. The van der Waals surface area contributed by atoms with Gasteiger partial charge in [-0.25, -0.2) is 8.78 Å². The zero-order chi connectivity index (χ0) is 18.0. The van der Waals surface area contributed by atoms with Crippen molar-refractivity contribution in [1.82, 2.24) is 0 Å². The number of fused-ring (bicyclic) bond motifs is 1. The van der Waals surface area contributed by atoms with Crippen molar-refractivity contribution >= 4 is 28.6 Å². The van der Waals surface area contributed by atoms with E-state index in [9.17, 15) is 18.4 Å². The average molecular weight is 341 g/mol. The molecule has 0 fully saturated rings. The SMILES string of the molecule is Cc1ccc2occ(/C=C/C(=O)Nc3cc(F)ccc3F)c(=O)c2c1. The first kappa shape index (κ1) is 16.6. The summed E-state index contributed by atoms with van der Waals surface area (Å²) in [5, 5.41) is 2.62. The van der Waals surface area contributed by atoms with Gasteiger partial charge in [0.25, 0.3) is 0 Å². The molecule has 6 heteroatoms. The van der Waals surface area contributed by atoms with Gasteiger partial charge in [-0.1, -0.05) is 11.6 Å². The molecule has 0 unspecified atom stereocenters. The molecule has 0 bridgehead atoms. The van der Waals surface area contributed by atoms with E-state index >= 15 is 0 Å². The first-order valence-electron chi connectivity index (χ1n) is 7.40. The van der Waals surface area contributed by atoms with Crippen LogP contribution in [-0.2, 0) is 4.79 Å². The van der Waals surface area contributed by atoms with Gasteiger partial charge in [-0.15, -0.1) is 0 Å². The van der Waals surface area contributed by atoms with Gasteiger partial charge in [0.1, 0.15) is 23.5 Å². The first-order chi connectivity index (χ1) is 11.9. The summed E-state index contributed by atoms with van der Waals surface area (Å²) in [6.07, 6.45) is 3.56. The zero-order valence-corrected chi connectivity index (χ0v) is 13.2. The number of rotatable bonds is 3. The number of nitrogens with one attached hydrogen (secondary N) is 1. The van der Waals surface area contributed by atoms with Crippen LogP contribution >= 0.6 is 0 Å². The molecule has 1 amide bonds. The van der Waals surface area contributed by atoms with Gasteiger partial charge in [0.15, 0.2) is 5.43 Å². The van der Waals surface area contributed by atoms with Gasteiger partial charge in [-0.05, 0) is 37.3 Å². The number of carbonyl (C=O) groups is 1. The summed E-state index contributed by atoms with van der Waals surface area (Å²) < 4.78 is 32.0. The van der Waals surface area contributed by atoms with E-state index in [-0.39, 0.29) is 16.7 Å². The average Bonchev–Trinajstić information content (AvgIpc) is 2.58. The van der Waals surface area contributed by atoms with Crippen LogP contribution in [0, 0.1) is 18.6 Å². The maximum atomic E-state index is 13.5. The van der Waals surface area contributed by atoms with E-state index in [0.29, 0.717) is 11.0 Å². The van der Waals surface area contributed by atoms with Crippen LogP contribution < -0.4 is 10.7 Å². The van der Waals surface area contributed by atoms with Gasteiger partial charge in [0.2, 0.25) is 5.91 Å². The summed E-state index contributed by atoms with van der Waals surface area (Å²) in [7, 11) is 0. The second kappa shape index (κ2) is 6.68. The van der Waals surface area contributed by atoms with Crippen LogP contribution in [-0.4, -0.2) is 5.91 Å². The van der Waals surface area contributed by atoms with Crippen LogP contribution in [0.25, 0.3) is 17.0 Å². The highest BCUT2D eigenvalue weighted by molar-refractivity contribution is 6.02. The molecule has 0 atom stereocenters. The minimum absolute atomic E-state index is 0.174. The van der Waals surface area contributed by atoms with Crippen LogP contribution in [0.4, 0.5) is 14.5 Å². The molecule has 1 heterocycles. The fraction of sp³-hybridized carbons (Fsp3) is 0.0526. The number of benzene rings is 2. The maximum absolute atomic E-state index is 13.5. The van der Waals surface area contributed by atoms with Crippen molar-refractivity contribution < 1.29 is 18.0 Å². The molecular formula is C19H13F2NO3. The molecule has 0 saturated heterocycles. The number of aryl methyl sites for hydroxylation is 1. The lowest BCUT2D eigenvalue weighted by Crippen LogP contribution is -2.10. The van der Waals surface area contributed by atoms with Crippen LogP contribution in [0.5, 0.6) is 0 Å². The summed E-state index contributed by atoms with van der Waals surface area (Å²) in [6.45, 7) is 1.85. The third-order valence-electron chi connectivity index (χ3n) is 3.56. The van der Waals surface area contributed by atoms with E-state index in [2.05, 4.69) is 5.32 Å². The minimum Gasteiger partial charge on any atom is -0.463 e. The fourth-order valence-electron chi connectivity index (χ4n) is 2.31. The lowest BCUT2D eigenvalue weighted by atomic mass is 10.1. The van der Waals surface area contributed by atoms with Crippen molar-refractivity contribution in [1.29, 1.82) is 0 Å². The highest BCUT2D eigenvalue weighted by Crippen LogP contribution is 2.16. The molecule has 4 nitrogen and oxygen atoms in total. The summed E-state index contributed by atoms with van der Waals surface area (Å²) in [4.78, 5) is 24.3. The Balaban J connectivity index is 1.85. The Morgan fingerprint density at radius 3 is 2.76 bits per heavy atom. The monoisotopic (exact) mass is 341 g/mol. The smallest absolute Gasteiger partial charge is 0.248 e. The zero-order valence-electron chi connectivity index (χ0n) is 13.2. The number of halogens is 2. The lowest BCUT2D eigenvalue weighted by Gasteiger charge is -2.03. The Labute approximate surface area is 141 Å². The molecule has 3 rings (SSSR count). The lowest BCUT2D eigenvalue weighted by molar-refractivity contribution is -0.111. The summed E-state index contributed by atoms with van der Waals surface area (Å²) >= 11 is 0. The van der Waals surface area contributed by atoms with E-state index < -0.39 is 17.5 Å². The standard InChI is InChI=1S/C19H13F2NO3/c1-11-2-6-17-14(8-11)19(24)12(10-25-17)3-7-18(23)22-16-9-13(20)4-5-15(16)21/h2-10H,1H3,(H,22,23)/b7-3+. The van der Waals surface area contributed by atoms with E-state index in [1.807, 2.05) is 13.0 Å². The molecule has 0 radical (unpaired) electrons. The van der Waals surface area contributed by atoms with Crippen molar-refractivity contribution in [3.8, 4) is 0 Å². The van der Waals surface area contributed by atoms with E-state index in [1.165, 1.54) is 12.3 Å². The van der Waals surface area contributed by atoms with E-state index in [4.69, 9.17) is 4.42 Å². The number of anilines is 1. The van der Waals surface area contributed by atoms with Crippen molar-refractivity contribution in [3.05, 3.63) is 81.7 Å². The predicted molar refractivity (Wildman–Crippen MR) is 91.2 cm³/mol. The molecule has 1 aromatic heterocycles. The molecule has 1 N–H and O–H groups in total. The largest absolute Gasteiger partial charge is 0.463 e. The number of hydrogen-bond donors (Lipinski definition) is 1. The third-order valence-corrected chi connectivity index (χ3v) is 3.56. The van der Waals surface area contributed by atoms with Gasteiger partial charge in [0.05, 0.1) is 16.6 Å². The van der Waals surface area contributed by atoms with Crippen LogP contribution in [0.1, 0.15) is 11.1 Å². The topological polar surface area (TPSA) is 59.3 Å². The highest BCUT2D eigenvalue weighted by atomic mass is 19.1. The first-order valence-corrected chi connectivity index (χ1v) is 7.40. The van der Waals surface area contributed by atoms with E-state index in [1.54, 1.807) is 12.1 Å². The molecule has 3 aromatic rings. The Kier molecular flexibility index (Phi) is 4.43. The maximum Gasteiger partial charge on any atom is 0.248 e. The third kappa shape index (κ3) is 3.63. The quantitative estimate of drug-likeness (QED) is 0.732. The Bertz CT molecular complexity index is 1050. The molecule has 126 valence electrons. The molecular weight excluding hydrogens is 328 g/mol. The van der Waals surface area contributed by atoms with Gasteiger partial charge in [0, 0.05) is 12.1 Å². The van der Waals surface area contributed by atoms with Crippen LogP contribution in [0.15, 0.2) is 57.9 Å². The highest BCUT2D eigenvalue weighted by Gasteiger charge is 2.08. The molecule has 0 saturated carbocycles. The van der Waals surface area contributed by atoms with Gasteiger partial charge in [-0.3, -0.25) is 9.59 Å². The van der Waals surface area contributed by atoms with Gasteiger partial charge in [-0.2, -0.15) is 0 Å². The molecule has 0 aliphatic carbocycles. The summed E-state index contributed by atoms with van der Waals surface area (Å²) in [5.74, 6) is -2.14. The Morgan fingerprint density at radius 2 is 1.96 bits per heavy atom. The van der Waals surface area contributed by atoms with Crippen molar-refractivity contribution in [3.63, 3.8) is 0 Å². The Hall–Kier alpha value is -3.28.